The number of carbonyl (C=O) groups excluding carboxylic acids is 2. The number of thiophene rings is 1. The molecule has 1 aromatic heterocycles. The van der Waals surface area contributed by atoms with Gasteiger partial charge in [0.25, 0.3) is 11.7 Å². The van der Waals surface area contributed by atoms with Crippen molar-refractivity contribution < 1.29 is 9.59 Å². The largest absolute Gasteiger partial charge is 0.304 e. The average Bonchev–Trinajstić information content (AvgIpc) is 2.98. The Balaban J connectivity index is 1.87. The number of Topliss-reactive ketones (excluding diaryl/α,β-unsaturated/α-hetero) is 1. The predicted octanol–water partition coefficient (Wildman–Crippen LogP) is 2.83. The zero-order valence-electron chi connectivity index (χ0n) is 10.6. The standard InChI is InChI=1S/C15H13NO2S/c1-10-4-5-13-12(9-10)14(17)15(18)16(13)7-6-11-3-2-8-19-11/h2-5,8-9H,6-7H2,1H3. The molecule has 1 aliphatic rings. The monoisotopic (exact) mass is 271 g/mol. The van der Waals surface area contributed by atoms with Crippen LogP contribution in [0.5, 0.6) is 0 Å². The van der Waals surface area contributed by atoms with Gasteiger partial charge in [0.1, 0.15) is 0 Å². The summed E-state index contributed by atoms with van der Waals surface area (Å²) in [6.07, 6.45) is 0.782. The third-order valence-electron chi connectivity index (χ3n) is 3.29. The van der Waals surface area contributed by atoms with Gasteiger partial charge in [-0.05, 0) is 36.9 Å². The van der Waals surface area contributed by atoms with Crippen molar-refractivity contribution in [3.05, 3.63) is 51.7 Å². The maximum Gasteiger partial charge on any atom is 0.299 e. The number of benzene rings is 1. The SMILES string of the molecule is Cc1ccc2c(c1)C(=O)C(=O)N2CCc1cccs1. The van der Waals surface area contributed by atoms with Crippen LogP contribution in [-0.2, 0) is 11.2 Å². The highest BCUT2D eigenvalue weighted by Crippen LogP contribution is 2.29. The summed E-state index contributed by atoms with van der Waals surface area (Å²) in [5, 5.41) is 2.02. The van der Waals surface area contributed by atoms with Crippen LogP contribution >= 0.6 is 11.3 Å². The second-order valence-electron chi connectivity index (χ2n) is 4.64. The van der Waals surface area contributed by atoms with E-state index in [9.17, 15) is 9.59 Å². The predicted molar refractivity (Wildman–Crippen MR) is 75.9 cm³/mol. The molecule has 2 aromatic rings. The molecule has 0 saturated carbocycles. The number of rotatable bonds is 3. The van der Waals surface area contributed by atoms with Crippen LogP contribution in [0.15, 0.2) is 35.7 Å². The molecule has 19 heavy (non-hydrogen) atoms. The van der Waals surface area contributed by atoms with Gasteiger partial charge in [0, 0.05) is 11.4 Å². The lowest BCUT2D eigenvalue weighted by atomic mass is 10.1. The molecule has 0 bridgehead atoms. The first-order chi connectivity index (χ1) is 9.16. The molecule has 0 unspecified atom stereocenters. The number of nitrogens with zero attached hydrogens (tertiary/aromatic N) is 1. The second kappa shape index (κ2) is 4.63. The van der Waals surface area contributed by atoms with Gasteiger partial charge >= 0.3 is 0 Å². The van der Waals surface area contributed by atoms with Gasteiger partial charge in [0.2, 0.25) is 0 Å². The van der Waals surface area contributed by atoms with Crippen LogP contribution in [0.3, 0.4) is 0 Å². The van der Waals surface area contributed by atoms with E-state index in [-0.39, 0.29) is 5.78 Å². The van der Waals surface area contributed by atoms with Crippen LogP contribution in [0, 0.1) is 6.92 Å². The molecule has 1 aromatic carbocycles. The van der Waals surface area contributed by atoms with Crippen molar-refractivity contribution in [1.82, 2.24) is 0 Å². The molecular weight excluding hydrogens is 258 g/mol. The average molecular weight is 271 g/mol. The third-order valence-corrected chi connectivity index (χ3v) is 4.22. The Labute approximate surface area is 115 Å². The van der Waals surface area contributed by atoms with E-state index in [1.165, 1.54) is 4.88 Å². The van der Waals surface area contributed by atoms with Crippen molar-refractivity contribution in [2.24, 2.45) is 0 Å². The van der Waals surface area contributed by atoms with Gasteiger partial charge in [-0.1, -0.05) is 17.7 Å². The van der Waals surface area contributed by atoms with Gasteiger partial charge < -0.3 is 4.90 Å². The summed E-state index contributed by atoms with van der Waals surface area (Å²) in [6, 6.07) is 9.63. The molecule has 0 spiro atoms. The topological polar surface area (TPSA) is 37.4 Å². The zero-order chi connectivity index (χ0) is 13.4. The number of hydrogen-bond acceptors (Lipinski definition) is 3. The summed E-state index contributed by atoms with van der Waals surface area (Å²) in [5.41, 5.74) is 2.29. The molecule has 0 aliphatic carbocycles. The van der Waals surface area contributed by atoms with E-state index in [2.05, 4.69) is 0 Å². The molecule has 0 radical (unpaired) electrons. The molecule has 0 saturated heterocycles. The molecule has 1 aliphatic heterocycles. The quantitative estimate of drug-likeness (QED) is 0.805. The summed E-state index contributed by atoms with van der Waals surface area (Å²) in [7, 11) is 0. The van der Waals surface area contributed by atoms with Crippen LogP contribution < -0.4 is 4.90 Å². The first-order valence-corrected chi connectivity index (χ1v) is 7.04. The first kappa shape index (κ1) is 12.1. The van der Waals surface area contributed by atoms with Crippen LogP contribution in [0.25, 0.3) is 0 Å². The molecule has 96 valence electrons. The Morgan fingerprint density at radius 2 is 2.05 bits per heavy atom. The van der Waals surface area contributed by atoms with Gasteiger partial charge in [-0.2, -0.15) is 0 Å². The highest BCUT2D eigenvalue weighted by molar-refractivity contribution is 7.09. The van der Waals surface area contributed by atoms with E-state index < -0.39 is 5.91 Å². The van der Waals surface area contributed by atoms with E-state index >= 15 is 0 Å². The molecule has 3 rings (SSSR count). The number of amides is 1. The van der Waals surface area contributed by atoms with Crippen LogP contribution in [0.1, 0.15) is 20.8 Å². The van der Waals surface area contributed by atoms with Gasteiger partial charge in [0.15, 0.2) is 0 Å². The lowest BCUT2D eigenvalue weighted by molar-refractivity contribution is -0.114. The molecule has 0 fully saturated rings. The number of anilines is 1. The fraction of sp³-hybridized carbons (Fsp3) is 0.200. The van der Waals surface area contributed by atoms with Crippen molar-refractivity contribution in [2.45, 2.75) is 13.3 Å². The van der Waals surface area contributed by atoms with E-state index in [4.69, 9.17) is 0 Å². The smallest absolute Gasteiger partial charge is 0.299 e. The number of carbonyl (C=O) groups is 2. The molecule has 3 nitrogen and oxygen atoms in total. The summed E-state index contributed by atoms with van der Waals surface area (Å²) < 4.78 is 0. The van der Waals surface area contributed by atoms with Gasteiger partial charge in [-0.25, -0.2) is 0 Å². The van der Waals surface area contributed by atoms with Crippen LogP contribution in [-0.4, -0.2) is 18.2 Å². The second-order valence-corrected chi connectivity index (χ2v) is 5.67. The highest BCUT2D eigenvalue weighted by Gasteiger charge is 2.35. The fourth-order valence-electron chi connectivity index (χ4n) is 2.31. The van der Waals surface area contributed by atoms with Crippen molar-refractivity contribution in [2.75, 3.05) is 11.4 Å². The molecule has 1 amide bonds. The molecule has 0 atom stereocenters. The Morgan fingerprint density at radius 3 is 2.79 bits per heavy atom. The fourth-order valence-corrected chi connectivity index (χ4v) is 3.01. The van der Waals surface area contributed by atoms with Gasteiger partial charge in [0.05, 0.1) is 11.3 Å². The maximum absolute atomic E-state index is 12.0. The van der Waals surface area contributed by atoms with Crippen molar-refractivity contribution in [3.8, 4) is 0 Å². The van der Waals surface area contributed by atoms with E-state index in [0.29, 0.717) is 12.1 Å². The number of hydrogen-bond donors (Lipinski definition) is 0. The van der Waals surface area contributed by atoms with Crippen LogP contribution in [0.4, 0.5) is 5.69 Å². The third kappa shape index (κ3) is 2.08. The summed E-state index contributed by atoms with van der Waals surface area (Å²) in [5.74, 6) is -0.790. The Morgan fingerprint density at radius 1 is 1.21 bits per heavy atom. The van der Waals surface area contributed by atoms with Gasteiger partial charge in [-0.3, -0.25) is 9.59 Å². The minimum atomic E-state index is -0.405. The lowest BCUT2D eigenvalue weighted by Gasteiger charge is -2.15. The van der Waals surface area contributed by atoms with Crippen molar-refractivity contribution in [1.29, 1.82) is 0 Å². The minimum Gasteiger partial charge on any atom is -0.304 e. The minimum absolute atomic E-state index is 0.384. The van der Waals surface area contributed by atoms with Crippen molar-refractivity contribution in [3.63, 3.8) is 0 Å². The number of fused-ring (bicyclic) bond motifs is 1. The maximum atomic E-state index is 12.0. The molecule has 4 heteroatoms. The summed E-state index contributed by atoms with van der Waals surface area (Å²) >= 11 is 1.67. The highest BCUT2D eigenvalue weighted by atomic mass is 32.1. The van der Waals surface area contributed by atoms with E-state index in [1.807, 2.05) is 36.6 Å². The zero-order valence-corrected chi connectivity index (χ0v) is 11.4. The Hall–Kier alpha value is -1.94. The Bertz CT molecular complexity index is 646. The van der Waals surface area contributed by atoms with Crippen LogP contribution in [0.2, 0.25) is 0 Å². The normalized spacial score (nSPS) is 14.1. The van der Waals surface area contributed by atoms with E-state index in [1.54, 1.807) is 22.3 Å². The number of ketones is 1. The van der Waals surface area contributed by atoms with E-state index in [0.717, 1.165) is 17.7 Å². The Kier molecular flexibility index (Phi) is 2.95. The molecule has 0 N–H and O–H groups in total. The number of aryl methyl sites for hydroxylation is 1. The molecular formula is C15H13NO2S. The van der Waals surface area contributed by atoms with Crippen molar-refractivity contribution >= 4 is 28.7 Å². The lowest BCUT2D eigenvalue weighted by Crippen LogP contribution is -2.31. The summed E-state index contributed by atoms with van der Waals surface area (Å²) in [6.45, 7) is 2.48. The first-order valence-electron chi connectivity index (χ1n) is 6.16. The van der Waals surface area contributed by atoms with Gasteiger partial charge in [-0.15, -0.1) is 11.3 Å². The molecule has 2 heterocycles. The summed E-state index contributed by atoms with van der Waals surface area (Å²) in [4.78, 5) is 26.8.